The van der Waals surface area contributed by atoms with Crippen LogP contribution < -0.4 is 5.73 Å². The Morgan fingerprint density at radius 3 is 2.94 bits per heavy atom. The molecule has 1 aliphatic heterocycles. The molecule has 0 aliphatic carbocycles. The highest BCUT2D eigenvalue weighted by Gasteiger charge is 2.17. The fourth-order valence-electron chi connectivity index (χ4n) is 2.74. The van der Waals surface area contributed by atoms with Gasteiger partial charge in [-0.05, 0) is 37.7 Å². The molecule has 0 atom stereocenters. The molecule has 0 saturated carbocycles. The van der Waals surface area contributed by atoms with Gasteiger partial charge in [0.15, 0.2) is 0 Å². The van der Waals surface area contributed by atoms with Crippen LogP contribution in [0.1, 0.15) is 12.1 Å². The molecule has 0 amide bonds. The third-order valence-electron chi connectivity index (χ3n) is 3.66. The van der Waals surface area contributed by atoms with E-state index >= 15 is 0 Å². The van der Waals surface area contributed by atoms with Crippen molar-refractivity contribution in [3.8, 4) is 0 Å². The van der Waals surface area contributed by atoms with Crippen molar-refractivity contribution in [2.24, 2.45) is 5.73 Å². The van der Waals surface area contributed by atoms with E-state index in [-0.39, 0.29) is 0 Å². The second-order valence-corrected chi connectivity index (χ2v) is 5.35. The lowest BCUT2D eigenvalue weighted by Crippen LogP contribution is -2.34. The van der Waals surface area contributed by atoms with Crippen LogP contribution in [0.25, 0.3) is 10.9 Å². The van der Waals surface area contributed by atoms with Crippen molar-refractivity contribution in [2.45, 2.75) is 19.5 Å². The lowest BCUT2D eigenvalue weighted by atomic mass is 10.2. The summed E-state index contributed by atoms with van der Waals surface area (Å²) in [5.74, 6) is 0. The molecule has 0 fully saturated rings. The van der Waals surface area contributed by atoms with Gasteiger partial charge >= 0.3 is 0 Å². The summed E-state index contributed by atoms with van der Waals surface area (Å²) in [7, 11) is 0. The maximum atomic E-state index is 6.08. The van der Waals surface area contributed by atoms with E-state index in [0.717, 1.165) is 44.2 Å². The van der Waals surface area contributed by atoms with E-state index in [2.05, 4.69) is 27.7 Å². The quantitative estimate of drug-likeness (QED) is 0.923. The molecule has 3 rings (SSSR count). The zero-order valence-electron chi connectivity index (χ0n) is 10.4. The second-order valence-electron chi connectivity index (χ2n) is 4.91. The standard InChI is InChI=1S/C14H18ClN3/c15-12-3-2-11-8-13-10-17(5-1-4-16)6-7-18(13)14(11)9-12/h2-3,8-9H,1,4-7,10,16H2. The van der Waals surface area contributed by atoms with Crippen LogP contribution in [0.15, 0.2) is 24.3 Å². The molecule has 18 heavy (non-hydrogen) atoms. The average Bonchev–Trinajstić information content (AvgIpc) is 2.73. The van der Waals surface area contributed by atoms with Crippen LogP contribution in [0.2, 0.25) is 5.02 Å². The highest BCUT2D eigenvalue weighted by atomic mass is 35.5. The molecule has 0 radical (unpaired) electrons. The Kier molecular flexibility index (Phi) is 3.29. The Hall–Kier alpha value is -1.03. The van der Waals surface area contributed by atoms with Crippen molar-refractivity contribution in [1.82, 2.24) is 9.47 Å². The molecule has 0 unspecified atom stereocenters. The van der Waals surface area contributed by atoms with Gasteiger partial charge in [0.2, 0.25) is 0 Å². The molecule has 1 aromatic heterocycles. The predicted octanol–water partition coefficient (Wildman–Crippen LogP) is 2.46. The van der Waals surface area contributed by atoms with E-state index in [4.69, 9.17) is 17.3 Å². The van der Waals surface area contributed by atoms with Crippen molar-refractivity contribution in [3.05, 3.63) is 35.0 Å². The Labute approximate surface area is 112 Å². The first-order valence-corrected chi connectivity index (χ1v) is 6.86. The normalized spacial score (nSPS) is 16.1. The van der Waals surface area contributed by atoms with Gasteiger partial charge < -0.3 is 10.3 Å². The molecule has 0 saturated heterocycles. The highest BCUT2D eigenvalue weighted by Crippen LogP contribution is 2.26. The smallest absolute Gasteiger partial charge is 0.0498 e. The van der Waals surface area contributed by atoms with Crippen molar-refractivity contribution in [1.29, 1.82) is 0 Å². The van der Waals surface area contributed by atoms with Crippen LogP contribution in [0, 0.1) is 0 Å². The molecule has 1 aromatic carbocycles. The molecule has 0 bridgehead atoms. The van der Waals surface area contributed by atoms with Crippen LogP contribution in [0.3, 0.4) is 0 Å². The third-order valence-corrected chi connectivity index (χ3v) is 3.89. The van der Waals surface area contributed by atoms with E-state index in [9.17, 15) is 0 Å². The van der Waals surface area contributed by atoms with Gasteiger partial charge in [0.1, 0.15) is 0 Å². The number of nitrogens with zero attached hydrogens (tertiary/aromatic N) is 2. The van der Waals surface area contributed by atoms with Crippen molar-refractivity contribution < 1.29 is 0 Å². The number of rotatable bonds is 3. The van der Waals surface area contributed by atoms with Crippen molar-refractivity contribution >= 4 is 22.5 Å². The molecule has 4 heteroatoms. The highest BCUT2D eigenvalue weighted by molar-refractivity contribution is 6.31. The number of aromatic nitrogens is 1. The maximum Gasteiger partial charge on any atom is 0.0498 e. The molecule has 3 nitrogen and oxygen atoms in total. The Balaban J connectivity index is 1.90. The number of halogens is 1. The molecule has 1 aliphatic rings. The fraction of sp³-hybridized carbons (Fsp3) is 0.429. The number of hydrogen-bond acceptors (Lipinski definition) is 2. The molecular formula is C14H18ClN3. The van der Waals surface area contributed by atoms with Gasteiger partial charge in [0, 0.05) is 41.3 Å². The summed E-state index contributed by atoms with van der Waals surface area (Å²) in [6, 6.07) is 8.41. The van der Waals surface area contributed by atoms with E-state index in [0.29, 0.717) is 0 Å². The number of hydrogen-bond donors (Lipinski definition) is 1. The minimum atomic E-state index is 0.773. The minimum Gasteiger partial charge on any atom is -0.342 e. The van der Waals surface area contributed by atoms with Gasteiger partial charge in [-0.2, -0.15) is 0 Å². The first kappa shape index (κ1) is 12.0. The average molecular weight is 264 g/mol. The Bertz CT molecular complexity index is 561. The summed E-state index contributed by atoms with van der Waals surface area (Å²) in [6.45, 7) is 5.03. The van der Waals surface area contributed by atoms with E-state index < -0.39 is 0 Å². The third kappa shape index (κ3) is 2.14. The number of benzene rings is 1. The zero-order valence-corrected chi connectivity index (χ0v) is 11.2. The van der Waals surface area contributed by atoms with Gasteiger partial charge in [0.25, 0.3) is 0 Å². The largest absolute Gasteiger partial charge is 0.342 e. The SMILES string of the molecule is NCCCN1CCn2c(cc3ccc(Cl)cc32)C1. The summed E-state index contributed by atoms with van der Waals surface area (Å²) >= 11 is 6.08. The fourth-order valence-corrected chi connectivity index (χ4v) is 2.90. The van der Waals surface area contributed by atoms with Gasteiger partial charge in [-0.15, -0.1) is 0 Å². The molecular weight excluding hydrogens is 246 g/mol. The maximum absolute atomic E-state index is 6.08. The summed E-state index contributed by atoms with van der Waals surface area (Å²) in [5, 5.41) is 2.10. The Morgan fingerprint density at radius 2 is 2.11 bits per heavy atom. The van der Waals surface area contributed by atoms with Crippen molar-refractivity contribution in [3.63, 3.8) is 0 Å². The number of nitrogens with two attached hydrogens (primary N) is 1. The van der Waals surface area contributed by atoms with Crippen LogP contribution in [-0.4, -0.2) is 29.1 Å². The predicted molar refractivity (Wildman–Crippen MR) is 75.9 cm³/mol. The first-order valence-electron chi connectivity index (χ1n) is 6.48. The van der Waals surface area contributed by atoms with Crippen molar-refractivity contribution in [2.75, 3.05) is 19.6 Å². The lowest BCUT2D eigenvalue weighted by molar-refractivity contribution is 0.222. The molecule has 0 spiro atoms. The molecule has 2 aromatic rings. The summed E-state index contributed by atoms with van der Waals surface area (Å²) in [4.78, 5) is 2.47. The summed E-state index contributed by atoms with van der Waals surface area (Å²) in [5.41, 5.74) is 8.22. The van der Waals surface area contributed by atoms with Gasteiger partial charge in [-0.25, -0.2) is 0 Å². The number of fused-ring (bicyclic) bond motifs is 3. The topological polar surface area (TPSA) is 34.2 Å². The van der Waals surface area contributed by atoms with Crippen LogP contribution >= 0.6 is 11.6 Å². The second kappa shape index (κ2) is 4.92. The van der Waals surface area contributed by atoms with Gasteiger partial charge in [0.05, 0.1) is 0 Å². The molecule has 96 valence electrons. The summed E-state index contributed by atoms with van der Waals surface area (Å²) in [6.07, 6.45) is 1.08. The van der Waals surface area contributed by atoms with Gasteiger partial charge in [-0.1, -0.05) is 17.7 Å². The lowest BCUT2D eigenvalue weighted by Gasteiger charge is -2.28. The van der Waals surface area contributed by atoms with Crippen LogP contribution in [-0.2, 0) is 13.1 Å². The summed E-state index contributed by atoms with van der Waals surface area (Å²) < 4.78 is 2.39. The van der Waals surface area contributed by atoms with E-state index in [1.54, 1.807) is 0 Å². The van der Waals surface area contributed by atoms with Gasteiger partial charge in [-0.3, -0.25) is 4.90 Å². The first-order chi connectivity index (χ1) is 8.78. The molecule has 2 N–H and O–H groups in total. The minimum absolute atomic E-state index is 0.773. The van der Waals surface area contributed by atoms with E-state index in [1.807, 2.05) is 6.07 Å². The Morgan fingerprint density at radius 1 is 1.22 bits per heavy atom. The monoisotopic (exact) mass is 263 g/mol. The van der Waals surface area contributed by atoms with Crippen LogP contribution in [0.5, 0.6) is 0 Å². The van der Waals surface area contributed by atoms with E-state index in [1.165, 1.54) is 16.6 Å². The zero-order chi connectivity index (χ0) is 12.5. The molecule has 2 heterocycles. The van der Waals surface area contributed by atoms with Crippen LogP contribution in [0.4, 0.5) is 0 Å².